The first-order chi connectivity index (χ1) is 14.0. The zero-order valence-corrected chi connectivity index (χ0v) is 15.3. The molecule has 144 valence electrons. The maximum atomic E-state index is 12.5. The number of rotatable bonds is 5. The van der Waals surface area contributed by atoms with Crippen LogP contribution >= 0.6 is 0 Å². The number of amides is 1. The molecule has 0 aliphatic heterocycles. The molecule has 0 fully saturated rings. The van der Waals surface area contributed by atoms with Crippen LogP contribution in [0, 0.1) is 17.0 Å². The normalized spacial score (nSPS) is 11.2. The van der Waals surface area contributed by atoms with Crippen molar-refractivity contribution in [1.29, 1.82) is 0 Å². The van der Waals surface area contributed by atoms with Crippen molar-refractivity contribution in [3.8, 4) is 11.3 Å². The van der Waals surface area contributed by atoms with E-state index in [-0.39, 0.29) is 11.6 Å². The van der Waals surface area contributed by atoms with Gasteiger partial charge in [0.2, 0.25) is 0 Å². The molecule has 1 N–H and O–H groups in total. The number of hydrogen-bond donors (Lipinski definition) is 1. The Morgan fingerprint density at radius 3 is 2.76 bits per heavy atom. The summed E-state index contributed by atoms with van der Waals surface area (Å²) in [6.07, 6.45) is 3.14. The molecule has 3 heterocycles. The molecule has 0 bridgehead atoms. The molecule has 29 heavy (non-hydrogen) atoms. The highest BCUT2D eigenvalue weighted by atomic mass is 16.6. The number of nitrogens with one attached hydrogen (secondary N) is 1. The molecule has 4 aromatic rings. The van der Waals surface area contributed by atoms with E-state index in [1.165, 1.54) is 18.3 Å². The van der Waals surface area contributed by atoms with Gasteiger partial charge in [0.25, 0.3) is 11.6 Å². The number of carbonyl (C=O) groups excluding carboxylic acids is 1. The van der Waals surface area contributed by atoms with E-state index < -0.39 is 4.92 Å². The van der Waals surface area contributed by atoms with E-state index in [2.05, 4.69) is 15.5 Å². The molecular weight excluding hydrogens is 374 g/mol. The Kier molecular flexibility index (Phi) is 4.62. The predicted octanol–water partition coefficient (Wildman–Crippen LogP) is 3.57. The largest absolute Gasteiger partial charge is 0.455 e. The number of hydrogen-bond acceptors (Lipinski definition) is 6. The number of nitro benzene ring substituents is 1. The van der Waals surface area contributed by atoms with Crippen LogP contribution in [0.3, 0.4) is 0 Å². The summed E-state index contributed by atoms with van der Waals surface area (Å²) < 4.78 is 7.34. The van der Waals surface area contributed by atoms with Crippen LogP contribution in [0.4, 0.5) is 5.69 Å². The number of aromatic nitrogens is 2. The van der Waals surface area contributed by atoms with Crippen molar-refractivity contribution < 1.29 is 14.1 Å². The van der Waals surface area contributed by atoms with Crippen LogP contribution in [-0.2, 0) is 0 Å². The average Bonchev–Trinajstić information content (AvgIpc) is 3.31. The van der Waals surface area contributed by atoms with E-state index in [9.17, 15) is 14.9 Å². The van der Waals surface area contributed by atoms with Crippen LogP contribution in [0.2, 0.25) is 0 Å². The van der Waals surface area contributed by atoms with Gasteiger partial charge in [-0.25, -0.2) is 10.4 Å². The average molecular weight is 389 g/mol. The fraction of sp³-hybridized carbons (Fsp3) is 0.0500. The molecule has 1 amide bonds. The zero-order valence-electron chi connectivity index (χ0n) is 15.3. The Balaban J connectivity index is 1.47. The van der Waals surface area contributed by atoms with Gasteiger partial charge in [-0.1, -0.05) is 6.07 Å². The lowest BCUT2D eigenvalue weighted by molar-refractivity contribution is -0.384. The molecule has 0 saturated carbocycles. The smallest absolute Gasteiger partial charge is 0.290 e. The van der Waals surface area contributed by atoms with Crippen molar-refractivity contribution >= 4 is 23.5 Å². The zero-order chi connectivity index (χ0) is 20.4. The van der Waals surface area contributed by atoms with Gasteiger partial charge >= 0.3 is 0 Å². The molecule has 0 spiro atoms. The molecule has 0 radical (unpaired) electrons. The second kappa shape index (κ2) is 7.39. The van der Waals surface area contributed by atoms with Crippen molar-refractivity contribution in [2.75, 3.05) is 0 Å². The van der Waals surface area contributed by atoms with E-state index in [4.69, 9.17) is 4.42 Å². The number of nitrogens with zero attached hydrogens (tertiary/aromatic N) is 4. The highest BCUT2D eigenvalue weighted by Gasteiger charge is 2.15. The van der Waals surface area contributed by atoms with Crippen molar-refractivity contribution in [2.24, 2.45) is 5.10 Å². The first-order valence-corrected chi connectivity index (χ1v) is 8.64. The van der Waals surface area contributed by atoms with Gasteiger partial charge < -0.3 is 4.42 Å². The second-order valence-electron chi connectivity index (χ2n) is 6.18. The minimum absolute atomic E-state index is 0.00694. The topological polar surface area (TPSA) is 115 Å². The Bertz CT molecular complexity index is 1240. The molecule has 0 unspecified atom stereocenters. The number of carbonyl (C=O) groups is 1. The minimum Gasteiger partial charge on any atom is -0.455 e. The van der Waals surface area contributed by atoms with E-state index in [1.807, 2.05) is 18.2 Å². The Hall–Kier alpha value is -4.27. The van der Waals surface area contributed by atoms with Crippen molar-refractivity contribution in [3.05, 3.63) is 88.1 Å². The van der Waals surface area contributed by atoms with E-state index >= 15 is 0 Å². The predicted molar refractivity (Wildman–Crippen MR) is 106 cm³/mol. The van der Waals surface area contributed by atoms with Crippen LogP contribution in [0.1, 0.15) is 21.9 Å². The van der Waals surface area contributed by atoms with Crippen LogP contribution in [-0.4, -0.2) is 26.4 Å². The fourth-order valence-electron chi connectivity index (χ4n) is 2.92. The summed E-state index contributed by atoms with van der Waals surface area (Å²) in [6.45, 7) is 1.76. The summed E-state index contributed by atoms with van der Waals surface area (Å²) in [5.41, 5.74) is 4.86. The summed E-state index contributed by atoms with van der Waals surface area (Å²) >= 11 is 0. The number of aryl methyl sites for hydroxylation is 1. The summed E-state index contributed by atoms with van der Waals surface area (Å²) in [4.78, 5) is 27.1. The molecule has 0 atom stereocenters. The van der Waals surface area contributed by atoms with Gasteiger partial charge in [-0.2, -0.15) is 5.10 Å². The maximum Gasteiger partial charge on any atom is 0.290 e. The number of imidazole rings is 1. The lowest BCUT2D eigenvalue weighted by Crippen LogP contribution is -2.20. The van der Waals surface area contributed by atoms with Crippen LogP contribution in [0.5, 0.6) is 0 Å². The van der Waals surface area contributed by atoms with Crippen LogP contribution in [0.15, 0.2) is 70.3 Å². The number of non-ortho nitro benzene ring substituents is 1. The van der Waals surface area contributed by atoms with Gasteiger partial charge in [0.15, 0.2) is 0 Å². The third-order valence-electron chi connectivity index (χ3n) is 4.27. The third kappa shape index (κ3) is 3.61. The van der Waals surface area contributed by atoms with E-state index in [1.54, 1.807) is 41.8 Å². The second-order valence-corrected chi connectivity index (χ2v) is 6.18. The minimum atomic E-state index is -0.460. The quantitative estimate of drug-likeness (QED) is 0.318. The lowest BCUT2D eigenvalue weighted by atomic mass is 10.1. The van der Waals surface area contributed by atoms with Gasteiger partial charge in [0.1, 0.15) is 22.9 Å². The summed E-state index contributed by atoms with van der Waals surface area (Å²) in [7, 11) is 0. The summed E-state index contributed by atoms with van der Waals surface area (Å²) in [5.74, 6) is 0.568. The van der Waals surface area contributed by atoms with Gasteiger partial charge in [0, 0.05) is 23.9 Å². The van der Waals surface area contributed by atoms with Crippen LogP contribution in [0.25, 0.3) is 17.0 Å². The molecule has 0 saturated heterocycles. The molecule has 3 aromatic heterocycles. The van der Waals surface area contributed by atoms with Gasteiger partial charge in [-0.15, -0.1) is 0 Å². The highest BCUT2D eigenvalue weighted by Crippen LogP contribution is 2.24. The first kappa shape index (κ1) is 18.1. The SMILES string of the molecule is Cc1nc2ccccn2c1C(=O)N/N=C\c1ccc(-c2ccc([N+](=O)[O-])cc2)o1. The number of nitro groups is 1. The number of furan rings is 1. The number of fused-ring (bicyclic) bond motifs is 1. The fourth-order valence-corrected chi connectivity index (χ4v) is 2.92. The highest BCUT2D eigenvalue weighted by molar-refractivity contribution is 5.95. The van der Waals surface area contributed by atoms with E-state index in [0.717, 1.165) is 0 Å². The van der Waals surface area contributed by atoms with Gasteiger partial charge in [-0.3, -0.25) is 19.3 Å². The number of pyridine rings is 1. The number of hydrazone groups is 1. The van der Waals surface area contributed by atoms with Gasteiger partial charge in [0.05, 0.1) is 16.8 Å². The molecule has 4 rings (SSSR count). The summed E-state index contributed by atoms with van der Waals surface area (Å²) in [5, 5.41) is 14.7. The first-order valence-electron chi connectivity index (χ1n) is 8.64. The Labute approximate surface area is 164 Å². The monoisotopic (exact) mass is 389 g/mol. The maximum absolute atomic E-state index is 12.5. The Morgan fingerprint density at radius 2 is 2.00 bits per heavy atom. The molecule has 9 nitrogen and oxygen atoms in total. The van der Waals surface area contributed by atoms with Crippen LogP contribution < -0.4 is 5.43 Å². The standard InChI is InChI=1S/C20H15N5O4/c1-13-19(24-11-3-2-4-18(24)22-13)20(26)23-21-12-16-9-10-17(29-16)14-5-7-15(8-6-14)25(27)28/h2-12H,1H3,(H,23,26)/b21-12-. The van der Waals surface area contributed by atoms with Crippen molar-refractivity contribution in [1.82, 2.24) is 14.8 Å². The number of benzene rings is 1. The van der Waals surface area contributed by atoms with Gasteiger partial charge in [-0.05, 0) is 43.3 Å². The lowest BCUT2D eigenvalue weighted by Gasteiger charge is -2.01. The van der Waals surface area contributed by atoms with Crippen molar-refractivity contribution in [3.63, 3.8) is 0 Å². The van der Waals surface area contributed by atoms with E-state index in [0.29, 0.717) is 34.1 Å². The molecule has 0 aliphatic carbocycles. The molecular formula is C20H15N5O4. The third-order valence-corrected chi connectivity index (χ3v) is 4.27. The van der Waals surface area contributed by atoms with Crippen molar-refractivity contribution in [2.45, 2.75) is 6.92 Å². The molecule has 9 heteroatoms. The molecule has 1 aromatic carbocycles. The molecule has 0 aliphatic rings. The summed E-state index contributed by atoms with van der Waals surface area (Å²) in [6, 6.07) is 14.9. The Morgan fingerprint density at radius 1 is 1.21 bits per heavy atom.